The highest BCUT2D eigenvalue weighted by Gasteiger charge is 2.29. The Morgan fingerprint density at radius 1 is 1.03 bits per heavy atom. The molecule has 1 heterocycles. The molecule has 2 N–H and O–H groups in total. The summed E-state index contributed by atoms with van der Waals surface area (Å²) in [6.07, 6.45) is 0.862. The predicted molar refractivity (Wildman–Crippen MR) is 116 cm³/mol. The van der Waals surface area contributed by atoms with Gasteiger partial charge in [0.15, 0.2) is 5.12 Å². The fourth-order valence-corrected chi connectivity index (χ4v) is 3.93. The first-order valence-electron chi connectivity index (χ1n) is 9.59. The molecule has 3 aromatic rings. The number of carbonyl (C=O) groups is 3. The molecule has 2 atom stereocenters. The van der Waals surface area contributed by atoms with E-state index in [9.17, 15) is 19.5 Å². The molecule has 0 fully saturated rings. The molecule has 0 amide bonds. The average Bonchev–Trinajstić information content (AvgIpc) is 3.14. The number of carboxylic acids is 1. The van der Waals surface area contributed by atoms with Crippen molar-refractivity contribution in [3.8, 4) is 0 Å². The first kappa shape index (κ1) is 21.6. The van der Waals surface area contributed by atoms with Crippen molar-refractivity contribution in [3.63, 3.8) is 0 Å². The number of H-pyrrole nitrogens is 1. The lowest BCUT2D eigenvalue weighted by atomic mass is 10.0. The number of carboxylic acid groups (broad SMARTS) is 1. The number of ether oxygens (including phenoxy) is 1. The van der Waals surface area contributed by atoms with E-state index in [-0.39, 0.29) is 17.3 Å². The van der Waals surface area contributed by atoms with E-state index in [0.29, 0.717) is 6.42 Å². The molecule has 6 nitrogen and oxygen atoms in total. The SMILES string of the molecule is CC(=O)SCC(Cc1ccccc1)C(=O)OC(Cc1c[nH]c2ccccc12)C(=O)O. The van der Waals surface area contributed by atoms with Crippen LogP contribution in [-0.4, -0.2) is 39.0 Å². The molecule has 0 bridgehead atoms. The number of nitrogens with one attached hydrogen (secondary N) is 1. The minimum absolute atomic E-state index is 0.0585. The van der Waals surface area contributed by atoms with Crippen LogP contribution in [0.25, 0.3) is 10.9 Å². The average molecular weight is 426 g/mol. The number of para-hydroxylation sites is 1. The van der Waals surface area contributed by atoms with E-state index in [4.69, 9.17) is 4.74 Å². The number of benzene rings is 2. The van der Waals surface area contributed by atoms with Crippen LogP contribution in [0.2, 0.25) is 0 Å². The number of aliphatic carboxylic acids is 1. The number of hydrogen-bond donors (Lipinski definition) is 2. The summed E-state index contributed by atoms with van der Waals surface area (Å²) >= 11 is 1.04. The fraction of sp³-hybridized carbons (Fsp3) is 0.261. The van der Waals surface area contributed by atoms with E-state index >= 15 is 0 Å². The maximum absolute atomic E-state index is 12.8. The maximum atomic E-state index is 12.8. The number of thioether (sulfide) groups is 1. The lowest BCUT2D eigenvalue weighted by Crippen LogP contribution is -2.33. The second kappa shape index (κ2) is 10.1. The number of esters is 1. The van der Waals surface area contributed by atoms with Gasteiger partial charge in [0.05, 0.1) is 5.92 Å². The molecule has 2 unspecified atom stereocenters. The van der Waals surface area contributed by atoms with E-state index in [2.05, 4.69) is 4.98 Å². The van der Waals surface area contributed by atoms with Gasteiger partial charge in [0.25, 0.3) is 0 Å². The van der Waals surface area contributed by atoms with Crippen molar-refractivity contribution >= 4 is 39.7 Å². The lowest BCUT2D eigenvalue weighted by molar-refractivity contribution is -0.166. The third-order valence-corrected chi connectivity index (χ3v) is 5.74. The van der Waals surface area contributed by atoms with Gasteiger partial charge in [0.2, 0.25) is 6.10 Å². The highest BCUT2D eigenvalue weighted by molar-refractivity contribution is 8.13. The number of aromatic amines is 1. The van der Waals surface area contributed by atoms with Gasteiger partial charge in [-0.1, -0.05) is 60.3 Å². The Morgan fingerprint density at radius 3 is 2.43 bits per heavy atom. The Balaban J connectivity index is 1.74. The molecule has 2 aromatic carbocycles. The Bertz CT molecular complexity index is 1030. The number of rotatable bonds is 9. The topological polar surface area (TPSA) is 96.5 Å². The Kier molecular flexibility index (Phi) is 7.30. The molecule has 7 heteroatoms. The van der Waals surface area contributed by atoms with Crippen LogP contribution in [0.1, 0.15) is 18.1 Å². The van der Waals surface area contributed by atoms with Gasteiger partial charge in [0.1, 0.15) is 0 Å². The summed E-state index contributed by atoms with van der Waals surface area (Å²) in [4.78, 5) is 39.1. The molecule has 0 aliphatic heterocycles. The van der Waals surface area contributed by atoms with Crippen LogP contribution in [0, 0.1) is 5.92 Å². The van der Waals surface area contributed by atoms with Gasteiger partial charge in [0, 0.05) is 36.2 Å². The second-order valence-electron chi connectivity index (χ2n) is 7.02. The molecule has 1 aromatic heterocycles. The molecule has 0 aliphatic rings. The molecule has 0 spiro atoms. The Labute approximate surface area is 178 Å². The third-order valence-electron chi connectivity index (χ3n) is 4.76. The van der Waals surface area contributed by atoms with Crippen molar-refractivity contribution in [2.75, 3.05) is 5.75 Å². The van der Waals surface area contributed by atoms with Crippen molar-refractivity contribution in [2.45, 2.75) is 25.9 Å². The van der Waals surface area contributed by atoms with Crippen molar-refractivity contribution in [1.29, 1.82) is 0 Å². The van der Waals surface area contributed by atoms with Crippen molar-refractivity contribution in [2.24, 2.45) is 5.92 Å². The molecule has 0 saturated carbocycles. The van der Waals surface area contributed by atoms with Crippen molar-refractivity contribution in [3.05, 3.63) is 71.9 Å². The minimum Gasteiger partial charge on any atom is -0.478 e. The first-order valence-corrected chi connectivity index (χ1v) is 10.6. The summed E-state index contributed by atoms with van der Waals surface area (Å²) in [5.41, 5.74) is 2.58. The number of fused-ring (bicyclic) bond motifs is 1. The summed E-state index contributed by atoms with van der Waals surface area (Å²) in [6.45, 7) is 1.44. The van der Waals surface area contributed by atoms with Gasteiger partial charge in [-0.05, 0) is 23.6 Å². The van der Waals surface area contributed by atoms with Crippen LogP contribution in [0.4, 0.5) is 0 Å². The fourth-order valence-electron chi connectivity index (χ4n) is 3.24. The van der Waals surface area contributed by atoms with Crippen LogP contribution in [-0.2, 0) is 32.0 Å². The summed E-state index contributed by atoms with van der Waals surface area (Å²) in [5, 5.41) is 10.4. The monoisotopic (exact) mass is 425 g/mol. The zero-order chi connectivity index (χ0) is 21.5. The van der Waals surface area contributed by atoms with Gasteiger partial charge in [-0.2, -0.15) is 0 Å². The van der Waals surface area contributed by atoms with Crippen LogP contribution in [0.3, 0.4) is 0 Å². The number of hydrogen-bond acceptors (Lipinski definition) is 5. The second-order valence-corrected chi connectivity index (χ2v) is 8.21. The van der Waals surface area contributed by atoms with Crippen LogP contribution in [0.15, 0.2) is 60.8 Å². The predicted octanol–water partition coefficient (Wildman–Crippen LogP) is 3.85. The smallest absolute Gasteiger partial charge is 0.345 e. The molecule has 0 radical (unpaired) electrons. The largest absolute Gasteiger partial charge is 0.478 e. The van der Waals surface area contributed by atoms with E-state index in [1.807, 2.05) is 54.6 Å². The van der Waals surface area contributed by atoms with Crippen LogP contribution >= 0.6 is 11.8 Å². The lowest BCUT2D eigenvalue weighted by Gasteiger charge is -2.19. The molecular formula is C23H23NO5S. The van der Waals surface area contributed by atoms with Crippen molar-refractivity contribution in [1.82, 2.24) is 4.98 Å². The highest BCUT2D eigenvalue weighted by Crippen LogP contribution is 2.22. The van der Waals surface area contributed by atoms with E-state index in [1.165, 1.54) is 6.92 Å². The molecule has 156 valence electrons. The van der Waals surface area contributed by atoms with Gasteiger partial charge >= 0.3 is 11.9 Å². The first-order chi connectivity index (χ1) is 14.4. The zero-order valence-electron chi connectivity index (χ0n) is 16.5. The number of aromatic nitrogens is 1. The van der Waals surface area contributed by atoms with Crippen LogP contribution in [0.5, 0.6) is 0 Å². The summed E-state index contributed by atoms with van der Waals surface area (Å²) < 4.78 is 5.42. The quantitative estimate of drug-likeness (QED) is 0.506. The summed E-state index contributed by atoms with van der Waals surface area (Å²) in [5.74, 6) is -2.19. The van der Waals surface area contributed by atoms with Gasteiger partial charge < -0.3 is 14.8 Å². The Hall–Kier alpha value is -3.06. The third kappa shape index (κ3) is 5.73. The van der Waals surface area contributed by atoms with Crippen molar-refractivity contribution < 1.29 is 24.2 Å². The van der Waals surface area contributed by atoms with Gasteiger partial charge in [-0.25, -0.2) is 4.79 Å². The van der Waals surface area contributed by atoms with Gasteiger partial charge in [-0.3, -0.25) is 9.59 Å². The molecule has 3 rings (SSSR count). The zero-order valence-corrected chi connectivity index (χ0v) is 17.4. The summed E-state index contributed by atoms with van der Waals surface area (Å²) in [6, 6.07) is 16.9. The molecule has 30 heavy (non-hydrogen) atoms. The molecular weight excluding hydrogens is 402 g/mol. The Morgan fingerprint density at radius 2 is 1.73 bits per heavy atom. The number of carbonyl (C=O) groups excluding carboxylic acids is 2. The van der Waals surface area contributed by atoms with Crippen LogP contribution < -0.4 is 0 Å². The maximum Gasteiger partial charge on any atom is 0.345 e. The molecule has 0 aliphatic carbocycles. The van der Waals surface area contributed by atoms with E-state index in [0.717, 1.165) is 33.8 Å². The van der Waals surface area contributed by atoms with Gasteiger partial charge in [-0.15, -0.1) is 0 Å². The standard InChI is InChI=1S/C23H23NO5S/c1-15(25)30-14-18(11-16-7-3-2-4-8-16)23(28)29-21(22(26)27)12-17-13-24-20-10-6-5-9-19(17)20/h2-10,13,18,21,24H,11-12,14H2,1H3,(H,26,27). The highest BCUT2D eigenvalue weighted by atomic mass is 32.2. The molecule has 0 saturated heterocycles. The normalized spacial score (nSPS) is 13.0. The van der Waals surface area contributed by atoms with E-state index in [1.54, 1.807) is 6.20 Å². The minimum atomic E-state index is -1.31. The van der Waals surface area contributed by atoms with E-state index < -0.39 is 24.0 Å². The summed E-state index contributed by atoms with van der Waals surface area (Å²) in [7, 11) is 0.